The summed E-state index contributed by atoms with van der Waals surface area (Å²) in [5.74, 6) is -0.326. The van der Waals surface area contributed by atoms with E-state index in [-0.39, 0.29) is 18.3 Å². The summed E-state index contributed by atoms with van der Waals surface area (Å²) in [5.41, 5.74) is 2.45. The molecule has 3 aromatic carbocycles. The molecular formula is C22H21FN2O. The number of rotatable bonds is 7. The van der Waals surface area contributed by atoms with E-state index in [0.29, 0.717) is 18.7 Å². The number of carbonyl (C=O) groups excluding carboxylic acids is 1. The Hall–Kier alpha value is -2.98. The van der Waals surface area contributed by atoms with Crippen LogP contribution in [0.4, 0.5) is 10.1 Å². The molecule has 0 aliphatic heterocycles. The largest absolute Gasteiger partial charge is 0.307 e. The molecule has 0 atom stereocenters. The number of hydrogen-bond acceptors (Lipinski definition) is 2. The Labute approximate surface area is 153 Å². The first-order chi connectivity index (χ1) is 12.7. The topological polar surface area (TPSA) is 32.3 Å². The Balaban J connectivity index is 1.68. The third-order valence-electron chi connectivity index (χ3n) is 4.10. The van der Waals surface area contributed by atoms with Crippen LogP contribution in [-0.2, 0) is 17.9 Å². The maximum absolute atomic E-state index is 13.7. The molecule has 132 valence electrons. The lowest BCUT2D eigenvalue weighted by Crippen LogP contribution is -2.37. The van der Waals surface area contributed by atoms with Crippen LogP contribution in [-0.4, -0.2) is 12.5 Å². The van der Waals surface area contributed by atoms with Crippen LogP contribution < -0.4 is 10.2 Å². The van der Waals surface area contributed by atoms with Crippen molar-refractivity contribution in [3.8, 4) is 0 Å². The molecule has 3 rings (SSSR count). The standard InChI is InChI=1S/C22H21FN2O/c23-21-14-8-7-11-19(21)15-24-16-22(26)25(20-12-5-2-6-13-20)17-18-9-3-1-4-10-18/h1-14,24H,15-17H2. The zero-order chi connectivity index (χ0) is 18.2. The van der Waals surface area contributed by atoms with Crippen molar-refractivity contribution in [1.82, 2.24) is 5.32 Å². The van der Waals surface area contributed by atoms with Gasteiger partial charge in [-0.25, -0.2) is 4.39 Å². The molecule has 0 bridgehead atoms. The van der Waals surface area contributed by atoms with Crippen LogP contribution in [0.2, 0.25) is 0 Å². The van der Waals surface area contributed by atoms with E-state index in [1.54, 1.807) is 23.1 Å². The number of halogens is 1. The Morgan fingerprint density at radius 2 is 1.46 bits per heavy atom. The van der Waals surface area contributed by atoms with E-state index in [9.17, 15) is 9.18 Å². The van der Waals surface area contributed by atoms with Gasteiger partial charge in [-0.15, -0.1) is 0 Å². The van der Waals surface area contributed by atoms with Gasteiger partial charge in [0.1, 0.15) is 5.82 Å². The molecule has 26 heavy (non-hydrogen) atoms. The molecule has 0 saturated carbocycles. The van der Waals surface area contributed by atoms with E-state index in [0.717, 1.165) is 11.3 Å². The van der Waals surface area contributed by atoms with E-state index in [1.165, 1.54) is 6.07 Å². The Morgan fingerprint density at radius 1 is 0.846 bits per heavy atom. The molecule has 0 heterocycles. The zero-order valence-electron chi connectivity index (χ0n) is 14.4. The molecule has 0 aromatic heterocycles. The van der Waals surface area contributed by atoms with Gasteiger partial charge in [-0.1, -0.05) is 66.7 Å². The highest BCUT2D eigenvalue weighted by molar-refractivity contribution is 5.94. The molecule has 0 aliphatic rings. The third kappa shape index (κ3) is 4.77. The first kappa shape index (κ1) is 17.8. The molecule has 1 amide bonds. The molecule has 0 saturated heterocycles. The van der Waals surface area contributed by atoms with Gasteiger partial charge in [-0.2, -0.15) is 0 Å². The fourth-order valence-corrected chi connectivity index (χ4v) is 2.74. The first-order valence-corrected chi connectivity index (χ1v) is 8.57. The summed E-state index contributed by atoms with van der Waals surface area (Å²) in [4.78, 5) is 14.5. The molecule has 0 aliphatic carbocycles. The number of amides is 1. The summed E-state index contributed by atoms with van der Waals surface area (Å²) in [7, 11) is 0. The van der Waals surface area contributed by atoms with Gasteiger partial charge in [0.25, 0.3) is 0 Å². The predicted molar refractivity (Wildman–Crippen MR) is 102 cm³/mol. The minimum atomic E-state index is -0.267. The van der Waals surface area contributed by atoms with Crippen LogP contribution in [0.5, 0.6) is 0 Å². The number of nitrogens with one attached hydrogen (secondary N) is 1. The van der Waals surface area contributed by atoms with Gasteiger partial charge < -0.3 is 10.2 Å². The summed E-state index contributed by atoms with van der Waals surface area (Å²) < 4.78 is 13.7. The lowest BCUT2D eigenvalue weighted by molar-refractivity contribution is -0.118. The summed E-state index contributed by atoms with van der Waals surface area (Å²) >= 11 is 0. The SMILES string of the molecule is O=C(CNCc1ccccc1F)N(Cc1ccccc1)c1ccccc1. The van der Waals surface area contributed by atoms with Crippen LogP contribution in [0.3, 0.4) is 0 Å². The molecule has 1 N–H and O–H groups in total. The Morgan fingerprint density at radius 3 is 2.15 bits per heavy atom. The number of hydrogen-bond donors (Lipinski definition) is 1. The van der Waals surface area contributed by atoms with Crippen molar-refractivity contribution >= 4 is 11.6 Å². The van der Waals surface area contributed by atoms with Gasteiger partial charge in [0.2, 0.25) is 5.91 Å². The Kier molecular flexibility index (Phi) is 6.12. The number of benzene rings is 3. The second-order valence-electron chi connectivity index (χ2n) is 6.00. The van der Waals surface area contributed by atoms with Gasteiger partial charge in [0, 0.05) is 17.8 Å². The van der Waals surface area contributed by atoms with Gasteiger partial charge in [0.15, 0.2) is 0 Å². The van der Waals surface area contributed by atoms with Crippen molar-refractivity contribution in [2.75, 3.05) is 11.4 Å². The first-order valence-electron chi connectivity index (χ1n) is 8.57. The number of nitrogens with zero attached hydrogens (tertiary/aromatic N) is 1. The monoisotopic (exact) mass is 348 g/mol. The second kappa shape index (κ2) is 8.92. The predicted octanol–water partition coefficient (Wildman–Crippen LogP) is 4.15. The number of anilines is 1. The molecule has 0 unspecified atom stereocenters. The van der Waals surface area contributed by atoms with Crippen molar-refractivity contribution < 1.29 is 9.18 Å². The summed E-state index contributed by atoms with van der Waals surface area (Å²) in [5, 5.41) is 3.05. The van der Waals surface area contributed by atoms with Gasteiger partial charge >= 0.3 is 0 Å². The fourth-order valence-electron chi connectivity index (χ4n) is 2.74. The van der Waals surface area contributed by atoms with Crippen molar-refractivity contribution in [2.24, 2.45) is 0 Å². The van der Waals surface area contributed by atoms with Gasteiger partial charge in [-0.05, 0) is 23.8 Å². The van der Waals surface area contributed by atoms with Gasteiger partial charge in [-0.3, -0.25) is 4.79 Å². The number of carbonyl (C=O) groups is 1. The zero-order valence-corrected chi connectivity index (χ0v) is 14.4. The maximum atomic E-state index is 13.7. The maximum Gasteiger partial charge on any atom is 0.241 e. The van der Waals surface area contributed by atoms with Crippen molar-refractivity contribution in [3.63, 3.8) is 0 Å². The highest BCUT2D eigenvalue weighted by atomic mass is 19.1. The van der Waals surface area contributed by atoms with E-state index in [2.05, 4.69) is 5.32 Å². The molecular weight excluding hydrogens is 327 g/mol. The summed E-state index contributed by atoms with van der Waals surface area (Å²) in [6, 6.07) is 26.0. The molecule has 0 spiro atoms. The smallest absolute Gasteiger partial charge is 0.241 e. The fraction of sp³-hybridized carbons (Fsp3) is 0.136. The minimum absolute atomic E-state index is 0.0589. The van der Waals surface area contributed by atoms with Crippen LogP contribution in [0.15, 0.2) is 84.9 Å². The minimum Gasteiger partial charge on any atom is -0.307 e. The normalized spacial score (nSPS) is 10.5. The van der Waals surface area contributed by atoms with Crippen molar-refractivity contribution in [2.45, 2.75) is 13.1 Å². The average molecular weight is 348 g/mol. The van der Waals surface area contributed by atoms with Crippen LogP contribution in [0, 0.1) is 5.82 Å². The number of para-hydroxylation sites is 1. The van der Waals surface area contributed by atoms with E-state index >= 15 is 0 Å². The van der Waals surface area contributed by atoms with Crippen LogP contribution >= 0.6 is 0 Å². The molecule has 0 fully saturated rings. The van der Waals surface area contributed by atoms with Gasteiger partial charge in [0.05, 0.1) is 13.1 Å². The quantitative estimate of drug-likeness (QED) is 0.696. The second-order valence-corrected chi connectivity index (χ2v) is 6.00. The highest BCUT2D eigenvalue weighted by Gasteiger charge is 2.16. The summed E-state index contributed by atoms with van der Waals surface area (Å²) in [6.07, 6.45) is 0. The van der Waals surface area contributed by atoms with Crippen LogP contribution in [0.25, 0.3) is 0 Å². The van der Waals surface area contributed by atoms with E-state index in [4.69, 9.17) is 0 Å². The highest BCUT2D eigenvalue weighted by Crippen LogP contribution is 2.17. The lowest BCUT2D eigenvalue weighted by Gasteiger charge is -2.23. The molecule has 3 nitrogen and oxygen atoms in total. The lowest BCUT2D eigenvalue weighted by atomic mass is 10.2. The summed E-state index contributed by atoms with van der Waals surface area (Å²) in [6.45, 7) is 0.938. The third-order valence-corrected chi connectivity index (χ3v) is 4.10. The molecule has 4 heteroatoms. The van der Waals surface area contributed by atoms with Crippen LogP contribution in [0.1, 0.15) is 11.1 Å². The molecule has 3 aromatic rings. The van der Waals surface area contributed by atoms with Crippen molar-refractivity contribution in [1.29, 1.82) is 0 Å². The molecule has 0 radical (unpaired) electrons. The average Bonchev–Trinajstić information content (AvgIpc) is 2.69. The Bertz CT molecular complexity index is 837. The van der Waals surface area contributed by atoms with Crippen molar-refractivity contribution in [3.05, 3.63) is 102 Å². The van der Waals surface area contributed by atoms with E-state index in [1.807, 2.05) is 60.7 Å². The van der Waals surface area contributed by atoms with E-state index < -0.39 is 0 Å².